The van der Waals surface area contributed by atoms with Gasteiger partial charge in [0.25, 0.3) is 5.56 Å². The molecule has 7 nitrogen and oxygen atoms in total. The number of fused-ring (bicyclic) bond motifs is 1. The first-order valence-electron chi connectivity index (χ1n) is 7.60. The van der Waals surface area contributed by atoms with Gasteiger partial charge < -0.3 is 15.4 Å². The molecule has 0 aromatic carbocycles. The summed E-state index contributed by atoms with van der Waals surface area (Å²) in [7, 11) is 1.58. The maximum atomic E-state index is 12.2. The summed E-state index contributed by atoms with van der Waals surface area (Å²) in [6, 6.07) is 1.74. The molecule has 0 unspecified atom stereocenters. The number of rotatable bonds is 4. The minimum atomic E-state index is -0.216. The zero-order chi connectivity index (χ0) is 15.5. The number of ether oxygens (including phenoxy) is 1. The Hall–Kier alpha value is -2.15. The zero-order valence-corrected chi connectivity index (χ0v) is 12.7. The van der Waals surface area contributed by atoms with Crippen LogP contribution < -0.4 is 20.9 Å². The van der Waals surface area contributed by atoms with Gasteiger partial charge in [0.1, 0.15) is 5.82 Å². The quantitative estimate of drug-likeness (QED) is 0.870. The number of nitrogens with one attached hydrogen (secondary N) is 1. The number of aromatic nitrogens is 3. The van der Waals surface area contributed by atoms with Gasteiger partial charge in [-0.15, -0.1) is 0 Å². The van der Waals surface area contributed by atoms with Crippen LogP contribution in [0.3, 0.4) is 0 Å². The topological polar surface area (TPSA) is 97.1 Å². The number of hydrogen-bond acceptors (Lipinski definition) is 6. The summed E-state index contributed by atoms with van der Waals surface area (Å²) in [6.07, 6.45) is 4.83. The number of H-pyrrole nitrogens is 1. The lowest BCUT2D eigenvalue weighted by Crippen LogP contribution is -2.35. The van der Waals surface area contributed by atoms with Crippen molar-refractivity contribution in [1.29, 1.82) is 0 Å². The second-order valence-electron chi connectivity index (χ2n) is 5.66. The van der Waals surface area contributed by atoms with Crippen LogP contribution in [0.5, 0.6) is 5.88 Å². The highest BCUT2D eigenvalue weighted by molar-refractivity contribution is 5.91. The van der Waals surface area contributed by atoms with Gasteiger partial charge >= 0.3 is 0 Å². The van der Waals surface area contributed by atoms with E-state index in [0.717, 1.165) is 44.3 Å². The maximum absolute atomic E-state index is 12.2. The Kier molecular flexibility index (Phi) is 4.24. The van der Waals surface area contributed by atoms with Crippen LogP contribution in [0.15, 0.2) is 17.1 Å². The molecule has 2 aromatic rings. The van der Waals surface area contributed by atoms with E-state index in [1.807, 2.05) is 0 Å². The minimum Gasteiger partial charge on any atom is -0.481 e. The van der Waals surface area contributed by atoms with Crippen molar-refractivity contribution in [3.63, 3.8) is 0 Å². The molecule has 0 atom stereocenters. The number of hydrogen-bond donors (Lipinski definition) is 2. The summed E-state index contributed by atoms with van der Waals surface area (Å²) in [4.78, 5) is 18.8. The van der Waals surface area contributed by atoms with Crippen molar-refractivity contribution < 1.29 is 4.74 Å². The molecule has 22 heavy (non-hydrogen) atoms. The number of anilines is 1. The van der Waals surface area contributed by atoms with Crippen LogP contribution in [0, 0.1) is 5.92 Å². The van der Waals surface area contributed by atoms with Crippen molar-refractivity contribution in [2.45, 2.75) is 19.3 Å². The van der Waals surface area contributed by atoms with Crippen molar-refractivity contribution in [3.05, 3.63) is 22.6 Å². The van der Waals surface area contributed by atoms with Crippen molar-refractivity contribution in [1.82, 2.24) is 15.2 Å². The molecule has 0 saturated carbocycles. The monoisotopic (exact) mass is 303 g/mol. The molecule has 0 radical (unpaired) electrons. The molecule has 3 rings (SSSR count). The van der Waals surface area contributed by atoms with E-state index >= 15 is 0 Å². The van der Waals surface area contributed by atoms with Gasteiger partial charge in [-0.3, -0.25) is 4.79 Å². The fourth-order valence-electron chi connectivity index (χ4n) is 3.08. The van der Waals surface area contributed by atoms with Gasteiger partial charge in [0.05, 0.1) is 18.7 Å². The SMILES string of the molecule is COc1cc2cn[nH]c(=O)c2c(N2CCC(CCN)CC2)n1. The Bertz CT molecular complexity index is 707. The summed E-state index contributed by atoms with van der Waals surface area (Å²) in [5.74, 6) is 1.85. The number of nitrogens with zero attached hydrogens (tertiary/aromatic N) is 3. The lowest BCUT2D eigenvalue weighted by Gasteiger charge is -2.33. The van der Waals surface area contributed by atoms with Gasteiger partial charge in [0.2, 0.25) is 5.88 Å². The first-order chi connectivity index (χ1) is 10.7. The predicted octanol–water partition coefficient (Wildman–Crippen LogP) is 0.892. The molecule has 2 aromatic heterocycles. The van der Waals surface area contributed by atoms with Gasteiger partial charge in [-0.1, -0.05) is 0 Å². The second kappa shape index (κ2) is 6.31. The molecule has 7 heteroatoms. The fourth-order valence-corrected chi connectivity index (χ4v) is 3.08. The summed E-state index contributed by atoms with van der Waals surface area (Å²) < 4.78 is 5.26. The van der Waals surface area contributed by atoms with Crippen LogP contribution in [-0.2, 0) is 0 Å². The average molecular weight is 303 g/mol. The zero-order valence-electron chi connectivity index (χ0n) is 12.7. The first kappa shape index (κ1) is 14.8. The standard InChI is InChI=1S/C15H21N5O2/c1-22-12-8-11-9-17-19-15(21)13(11)14(18-12)20-6-3-10(2-5-16)4-7-20/h8-10H,2-7,16H2,1H3,(H,19,21). The van der Waals surface area contributed by atoms with Crippen LogP contribution in [0.25, 0.3) is 10.8 Å². The van der Waals surface area contributed by atoms with Gasteiger partial charge in [0, 0.05) is 24.5 Å². The molecule has 1 aliphatic heterocycles. The molecule has 1 aliphatic rings. The molecular formula is C15H21N5O2. The normalized spacial score (nSPS) is 16.2. The maximum Gasteiger partial charge on any atom is 0.275 e. The van der Waals surface area contributed by atoms with Crippen LogP contribution in [0.2, 0.25) is 0 Å². The summed E-state index contributed by atoms with van der Waals surface area (Å²) in [5, 5.41) is 7.67. The van der Waals surface area contributed by atoms with Crippen LogP contribution >= 0.6 is 0 Å². The van der Waals surface area contributed by atoms with Crippen molar-refractivity contribution in [2.75, 3.05) is 31.6 Å². The lowest BCUT2D eigenvalue weighted by atomic mass is 9.93. The van der Waals surface area contributed by atoms with Crippen LogP contribution in [-0.4, -0.2) is 41.9 Å². The third-order valence-corrected chi connectivity index (χ3v) is 4.30. The number of methoxy groups -OCH3 is 1. The lowest BCUT2D eigenvalue weighted by molar-refractivity contribution is 0.381. The number of aromatic amines is 1. The molecule has 0 spiro atoms. The Morgan fingerprint density at radius 1 is 1.45 bits per heavy atom. The highest BCUT2D eigenvalue weighted by Crippen LogP contribution is 2.29. The molecule has 3 heterocycles. The molecule has 118 valence electrons. The number of nitrogens with two attached hydrogens (primary N) is 1. The average Bonchev–Trinajstić information content (AvgIpc) is 2.55. The third kappa shape index (κ3) is 2.76. The minimum absolute atomic E-state index is 0.216. The molecular weight excluding hydrogens is 282 g/mol. The Morgan fingerprint density at radius 3 is 2.91 bits per heavy atom. The Balaban J connectivity index is 1.98. The third-order valence-electron chi connectivity index (χ3n) is 4.30. The van der Waals surface area contributed by atoms with Crippen molar-refractivity contribution >= 4 is 16.6 Å². The van der Waals surface area contributed by atoms with E-state index in [9.17, 15) is 4.79 Å². The predicted molar refractivity (Wildman–Crippen MR) is 85.3 cm³/mol. The largest absolute Gasteiger partial charge is 0.481 e. The Labute approximate surface area is 128 Å². The van der Waals surface area contributed by atoms with E-state index in [4.69, 9.17) is 10.5 Å². The van der Waals surface area contributed by atoms with E-state index < -0.39 is 0 Å². The number of pyridine rings is 1. The van der Waals surface area contributed by atoms with E-state index in [-0.39, 0.29) is 5.56 Å². The van der Waals surface area contributed by atoms with Gasteiger partial charge in [-0.2, -0.15) is 10.1 Å². The molecule has 1 saturated heterocycles. The summed E-state index contributed by atoms with van der Waals surface area (Å²) in [5.41, 5.74) is 5.43. The molecule has 0 amide bonds. The van der Waals surface area contributed by atoms with Gasteiger partial charge in [-0.25, -0.2) is 5.10 Å². The van der Waals surface area contributed by atoms with E-state index in [0.29, 0.717) is 23.0 Å². The van der Waals surface area contributed by atoms with E-state index in [1.54, 1.807) is 19.4 Å². The van der Waals surface area contributed by atoms with Crippen molar-refractivity contribution in [2.24, 2.45) is 11.7 Å². The number of piperidine rings is 1. The van der Waals surface area contributed by atoms with Crippen LogP contribution in [0.4, 0.5) is 5.82 Å². The van der Waals surface area contributed by atoms with Crippen molar-refractivity contribution in [3.8, 4) is 5.88 Å². The molecule has 0 bridgehead atoms. The highest BCUT2D eigenvalue weighted by atomic mass is 16.5. The molecule has 3 N–H and O–H groups in total. The fraction of sp³-hybridized carbons (Fsp3) is 0.533. The van der Waals surface area contributed by atoms with Crippen LogP contribution in [0.1, 0.15) is 19.3 Å². The molecule has 0 aliphatic carbocycles. The highest BCUT2D eigenvalue weighted by Gasteiger charge is 2.23. The summed E-state index contributed by atoms with van der Waals surface area (Å²) in [6.45, 7) is 2.49. The van der Waals surface area contributed by atoms with Gasteiger partial charge in [-0.05, 0) is 31.7 Å². The Morgan fingerprint density at radius 2 is 2.23 bits per heavy atom. The van der Waals surface area contributed by atoms with E-state index in [1.165, 1.54) is 0 Å². The second-order valence-corrected chi connectivity index (χ2v) is 5.66. The first-order valence-corrected chi connectivity index (χ1v) is 7.60. The molecule has 1 fully saturated rings. The van der Waals surface area contributed by atoms with Gasteiger partial charge in [0.15, 0.2) is 0 Å². The van der Waals surface area contributed by atoms with E-state index in [2.05, 4.69) is 20.1 Å². The summed E-state index contributed by atoms with van der Waals surface area (Å²) >= 11 is 0. The smallest absolute Gasteiger partial charge is 0.275 e.